The zero-order valence-corrected chi connectivity index (χ0v) is 13.2. The monoisotopic (exact) mass is 313 g/mol. The topological polar surface area (TPSA) is 122 Å². The van der Waals surface area contributed by atoms with Crippen LogP contribution < -0.4 is 5.32 Å². The molecule has 0 aromatic heterocycles. The lowest BCUT2D eigenvalue weighted by Crippen LogP contribution is -2.36. The minimum Gasteiger partial charge on any atom is -0.481 e. The van der Waals surface area contributed by atoms with Gasteiger partial charge in [0, 0.05) is 6.92 Å². The van der Waals surface area contributed by atoms with Crippen LogP contribution in [0.5, 0.6) is 0 Å². The molecule has 0 aromatic carbocycles. The molecule has 0 radical (unpaired) electrons. The quantitative estimate of drug-likeness (QED) is 0.550. The molecule has 0 rings (SSSR count). The van der Waals surface area contributed by atoms with E-state index in [2.05, 4.69) is 5.32 Å². The van der Waals surface area contributed by atoms with Crippen LogP contribution in [0.1, 0.15) is 34.1 Å². The smallest absolute Gasteiger partial charge is 0.344 e. The minimum absolute atomic E-state index is 0.0838. The molecule has 8 nitrogen and oxygen atoms in total. The number of aliphatic carboxylic acids is 2. The van der Waals surface area contributed by atoms with Crippen molar-refractivity contribution >= 4 is 19.5 Å². The van der Waals surface area contributed by atoms with E-state index in [1.165, 1.54) is 0 Å². The summed E-state index contributed by atoms with van der Waals surface area (Å²) in [6.07, 6.45) is 0.326. The molecule has 0 fully saturated rings. The molecule has 0 amide bonds. The minimum atomic E-state index is -3.20. The Labute approximate surface area is 119 Å². The maximum Gasteiger partial charge on any atom is 0.344 e. The van der Waals surface area contributed by atoms with E-state index in [1.54, 1.807) is 20.8 Å². The molecule has 3 N–H and O–H groups in total. The van der Waals surface area contributed by atoms with Gasteiger partial charge in [0.05, 0.1) is 19.5 Å². The SMILES string of the molecule is CC(=O)O.CCOP(=O)(CNC(CC)C(=O)O)OCC. The Hall–Kier alpha value is -0.950. The van der Waals surface area contributed by atoms with Gasteiger partial charge in [-0.05, 0) is 20.3 Å². The predicted octanol–water partition coefficient (Wildman–Crippen LogP) is 1.75. The van der Waals surface area contributed by atoms with E-state index in [4.69, 9.17) is 24.1 Å². The van der Waals surface area contributed by atoms with Crippen molar-refractivity contribution in [3.63, 3.8) is 0 Å². The Bertz CT molecular complexity index is 321. The van der Waals surface area contributed by atoms with E-state index in [0.717, 1.165) is 6.92 Å². The van der Waals surface area contributed by atoms with E-state index in [9.17, 15) is 9.36 Å². The molecule has 0 aliphatic carbocycles. The van der Waals surface area contributed by atoms with Gasteiger partial charge in [-0.1, -0.05) is 6.92 Å². The standard InChI is InChI=1S/C9H20NO5P.C2H4O2/c1-4-8(9(11)12)10-7-16(13,14-5-2)15-6-3;1-2(3)4/h8,10H,4-7H2,1-3H3,(H,11,12);1H3,(H,3,4). The summed E-state index contributed by atoms with van der Waals surface area (Å²) in [6.45, 7) is 6.77. The van der Waals surface area contributed by atoms with Crippen LogP contribution in [0.15, 0.2) is 0 Å². The van der Waals surface area contributed by atoms with E-state index in [1.807, 2.05) is 0 Å². The molecule has 20 heavy (non-hydrogen) atoms. The van der Waals surface area contributed by atoms with Gasteiger partial charge >= 0.3 is 13.6 Å². The third-order valence-corrected chi connectivity index (χ3v) is 3.76. The number of carbonyl (C=O) groups is 2. The van der Waals surface area contributed by atoms with Crippen molar-refractivity contribution in [1.29, 1.82) is 0 Å². The molecule has 9 heteroatoms. The van der Waals surface area contributed by atoms with Crippen molar-refractivity contribution in [3.05, 3.63) is 0 Å². The number of hydrogen-bond donors (Lipinski definition) is 3. The first-order chi connectivity index (χ1) is 9.22. The van der Waals surface area contributed by atoms with Crippen LogP contribution in [0.2, 0.25) is 0 Å². The largest absolute Gasteiger partial charge is 0.481 e. The Morgan fingerprint density at radius 1 is 1.15 bits per heavy atom. The average molecular weight is 313 g/mol. The van der Waals surface area contributed by atoms with Crippen molar-refractivity contribution in [2.24, 2.45) is 0 Å². The Morgan fingerprint density at radius 3 is 1.80 bits per heavy atom. The van der Waals surface area contributed by atoms with Crippen molar-refractivity contribution in [2.75, 3.05) is 19.5 Å². The number of hydrogen-bond acceptors (Lipinski definition) is 6. The molecular weight excluding hydrogens is 289 g/mol. The van der Waals surface area contributed by atoms with Gasteiger partial charge in [-0.25, -0.2) is 0 Å². The third-order valence-electron chi connectivity index (χ3n) is 1.89. The number of rotatable bonds is 9. The van der Waals surface area contributed by atoms with E-state index < -0.39 is 25.6 Å². The fourth-order valence-electron chi connectivity index (χ4n) is 1.15. The lowest BCUT2D eigenvalue weighted by atomic mass is 10.2. The fraction of sp³-hybridized carbons (Fsp3) is 0.818. The van der Waals surface area contributed by atoms with Crippen LogP contribution in [-0.4, -0.2) is 47.7 Å². The van der Waals surface area contributed by atoms with E-state index in [-0.39, 0.29) is 19.5 Å². The highest BCUT2D eigenvalue weighted by atomic mass is 31.2. The average Bonchev–Trinajstić information content (AvgIpc) is 2.29. The molecule has 120 valence electrons. The highest BCUT2D eigenvalue weighted by Crippen LogP contribution is 2.46. The van der Waals surface area contributed by atoms with Crippen LogP contribution >= 0.6 is 7.60 Å². The van der Waals surface area contributed by atoms with Gasteiger partial charge in [0.15, 0.2) is 0 Å². The second kappa shape index (κ2) is 11.8. The fourth-order valence-corrected chi connectivity index (χ4v) is 2.64. The molecule has 0 bridgehead atoms. The van der Waals surface area contributed by atoms with E-state index in [0.29, 0.717) is 6.42 Å². The number of carboxylic acid groups (broad SMARTS) is 2. The summed E-state index contributed by atoms with van der Waals surface area (Å²) >= 11 is 0. The lowest BCUT2D eigenvalue weighted by Gasteiger charge is -2.19. The molecule has 0 saturated heterocycles. The molecule has 0 heterocycles. The van der Waals surface area contributed by atoms with Gasteiger partial charge in [-0.15, -0.1) is 0 Å². The second-order valence-corrected chi connectivity index (χ2v) is 5.68. The van der Waals surface area contributed by atoms with Crippen LogP contribution in [0, 0.1) is 0 Å². The zero-order chi connectivity index (χ0) is 16.2. The van der Waals surface area contributed by atoms with Crippen LogP contribution in [-0.2, 0) is 23.2 Å². The highest BCUT2D eigenvalue weighted by Gasteiger charge is 2.26. The summed E-state index contributed by atoms with van der Waals surface area (Å²) < 4.78 is 22.0. The third kappa shape index (κ3) is 12.1. The van der Waals surface area contributed by atoms with Crippen molar-refractivity contribution in [3.8, 4) is 0 Å². The first kappa shape index (κ1) is 21.4. The lowest BCUT2D eigenvalue weighted by molar-refractivity contribution is -0.139. The van der Waals surface area contributed by atoms with Gasteiger partial charge in [0.1, 0.15) is 6.04 Å². The maximum atomic E-state index is 12.0. The van der Waals surface area contributed by atoms with Gasteiger partial charge in [-0.3, -0.25) is 19.5 Å². The molecule has 1 atom stereocenters. The summed E-state index contributed by atoms with van der Waals surface area (Å²) in [5.74, 6) is -1.80. The van der Waals surface area contributed by atoms with Crippen LogP contribution in [0.4, 0.5) is 0 Å². The number of carboxylic acids is 2. The summed E-state index contributed by atoms with van der Waals surface area (Å²) in [6, 6.07) is -0.728. The summed E-state index contributed by atoms with van der Waals surface area (Å²) in [5.41, 5.74) is 0. The molecule has 0 aliphatic rings. The van der Waals surface area contributed by atoms with Crippen LogP contribution in [0.25, 0.3) is 0 Å². The summed E-state index contributed by atoms with van der Waals surface area (Å²) in [4.78, 5) is 19.7. The molecule has 0 aliphatic heterocycles. The zero-order valence-electron chi connectivity index (χ0n) is 12.3. The summed E-state index contributed by atoms with van der Waals surface area (Å²) in [5, 5.41) is 18.9. The number of nitrogens with one attached hydrogen (secondary N) is 1. The van der Waals surface area contributed by atoms with Gasteiger partial charge in [0.25, 0.3) is 5.97 Å². The maximum absolute atomic E-state index is 12.0. The molecule has 0 saturated carbocycles. The van der Waals surface area contributed by atoms with Gasteiger partial charge < -0.3 is 19.3 Å². The van der Waals surface area contributed by atoms with Gasteiger partial charge in [-0.2, -0.15) is 0 Å². The first-order valence-corrected chi connectivity index (χ1v) is 7.99. The molecule has 1 unspecified atom stereocenters. The Kier molecular flexibility index (Phi) is 12.6. The van der Waals surface area contributed by atoms with Crippen LogP contribution in [0.3, 0.4) is 0 Å². The predicted molar refractivity (Wildman–Crippen MR) is 73.9 cm³/mol. The van der Waals surface area contributed by atoms with Crippen molar-refractivity contribution in [2.45, 2.75) is 40.2 Å². The summed E-state index contributed by atoms with van der Waals surface area (Å²) in [7, 11) is -3.20. The Balaban J connectivity index is 0. The van der Waals surface area contributed by atoms with Crippen molar-refractivity contribution < 1.29 is 33.4 Å². The molecule has 0 aromatic rings. The van der Waals surface area contributed by atoms with Crippen molar-refractivity contribution in [1.82, 2.24) is 5.32 Å². The van der Waals surface area contributed by atoms with E-state index >= 15 is 0 Å². The highest BCUT2D eigenvalue weighted by molar-refractivity contribution is 7.53. The normalized spacial score (nSPS) is 12.2. The first-order valence-electron chi connectivity index (χ1n) is 6.26. The van der Waals surface area contributed by atoms with Gasteiger partial charge in [0.2, 0.25) is 0 Å². The Morgan fingerprint density at radius 2 is 1.55 bits per heavy atom. The molecular formula is C11H24NO7P. The second-order valence-electron chi connectivity index (χ2n) is 3.63. The molecule has 0 spiro atoms.